The van der Waals surface area contributed by atoms with E-state index < -0.39 is 18.0 Å². The maximum absolute atomic E-state index is 12.3. The zero-order chi connectivity index (χ0) is 24.5. The Labute approximate surface area is 201 Å². The lowest BCUT2D eigenvalue weighted by molar-refractivity contribution is -0.151. The van der Waals surface area contributed by atoms with Crippen molar-refractivity contribution in [3.05, 3.63) is 59.7 Å². The molecule has 1 aliphatic heterocycles. The number of methoxy groups -OCH3 is 1. The highest BCUT2D eigenvalue weighted by Gasteiger charge is 2.31. The maximum atomic E-state index is 12.3. The van der Waals surface area contributed by atoms with Crippen LogP contribution in [0.15, 0.2) is 48.5 Å². The molecule has 34 heavy (non-hydrogen) atoms. The monoisotopic (exact) mass is 486 g/mol. The van der Waals surface area contributed by atoms with Crippen molar-refractivity contribution in [3.8, 4) is 11.5 Å². The molecule has 2 atom stereocenters. The molecule has 0 saturated carbocycles. The molecule has 0 bridgehead atoms. The highest BCUT2D eigenvalue weighted by atomic mass is 32.2. The van der Waals surface area contributed by atoms with Gasteiger partial charge in [0.15, 0.2) is 17.0 Å². The van der Waals surface area contributed by atoms with E-state index in [-0.39, 0.29) is 48.4 Å². The fourth-order valence-electron chi connectivity index (χ4n) is 3.40. The average Bonchev–Trinajstić information content (AvgIpc) is 3.13. The second-order valence-corrected chi connectivity index (χ2v) is 9.04. The van der Waals surface area contributed by atoms with Gasteiger partial charge in [0.1, 0.15) is 18.1 Å². The van der Waals surface area contributed by atoms with E-state index in [1.807, 2.05) is 12.1 Å². The van der Waals surface area contributed by atoms with Crippen LogP contribution in [-0.2, 0) is 30.3 Å². The number of carbonyl (C=O) groups excluding carboxylic acids is 3. The highest BCUT2D eigenvalue weighted by molar-refractivity contribution is 8.15. The van der Waals surface area contributed by atoms with Gasteiger partial charge in [-0.3, -0.25) is 19.2 Å². The zero-order valence-electron chi connectivity index (χ0n) is 18.7. The standard InChI is InChI=1S/C25H26O8S/c1-31-18-11-7-17(8-12-18)21(33-24(29)4-2-3-23(27)28)15-32-19-9-5-16(6-10-19)13-22-20(26)14-25(30)34-22/h5-12,21-22H,2-4,13-15H2,1H3,(H,27,28)/t21-,22?/m0/s1. The van der Waals surface area contributed by atoms with Gasteiger partial charge in [0.2, 0.25) is 0 Å². The lowest BCUT2D eigenvalue weighted by Crippen LogP contribution is -2.18. The first-order valence-corrected chi connectivity index (χ1v) is 11.7. The minimum Gasteiger partial charge on any atom is -0.497 e. The number of rotatable bonds is 12. The number of Topliss-reactive ketones (excluding diaryl/α,β-unsaturated/α-hetero) is 1. The SMILES string of the molecule is COc1ccc([C@H](COc2ccc(CC3SC(=O)CC3=O)cc2)OC(=O)CCCC(=O)O)cc1. The van der Waals surface area contributed by atoms with E-state index in [0.29, 0.717) is 23.5 Å². The van der Waals surface area contributed by atoms with Crippen LogP contribution < -0.4 is 9.47 Å². The van der Waals surface area contributed by atoms with Crippen LogP contribution in [0.4, 0.5) is 0 Å². The molecule has 3 rings (SSSR count). The number of ether oxygens (including phenoxy) is 3. The largest absolute Gasteiger partial charge is 0.497 e. The average molecular weight is 487 g/mol. The van der Waals surface area contributed by atoms with Crippen LogP contribution in [0.2, 0.25) is 0 Å². The Morgan fingerprint density at radius 3 is 2.29 bits per heavy atom. The van der Waals surface area contributed by atoms with Gasteiger partial charge in [-0.15, -0.1) is 0 Å². The van der Waals surface area contributed by atoms with Crippen LogP contribution in [0.1, 0.15) is 42.9 Å². The normalized spacial score (nSPS) is 16.2. The molecular weight excluding hydrogens is 460 g/mol. The molecule has 0 radical (unpaired) electrons. The van der Waals surface area contributed by atoms with Crippen molar-refractivity contribution in [1.29, 1.82) is 0 Å². The summed E-state index contributed by atoms with van der Waals surface area (Å²) in [5, 5.41) is 8.33. The molecule has 2 aromatic carbocycles. The molecular formula is C25H26O8S. The van der Waals surface area contributed by atoms with Crippen molar-refractivity contribution in [1.82, 2.24) is 0 Å². The first kappa shape index (κ1) is 25.3. The Morgan fingerprint density at radius 2 is 1.71 bits per heavy atom. The second-order valence-electron chi connectivity index (χ2n) is 7.78. The van der Waals surface area contributed by atoms with Gasteiger partial charge in [0.25, 0.3) is 0 Å². The van der Waals surface area contributed by atoms with Crippen molar-refractivity contribution in [2.45, 2.75) is 43.5 Å². The van der Waals surface area contributed by atoms with Crippen molar-refractivity contribution in [2.75, 3.05) is 13.7 Å². The van der Waals surface area contributed by atoms with E-state index in [1.165, 1.54) is 0 Å². The molecule has 1 fully saturated rings. The Balaban J connectivity index is 1.60. The van der Waals surface area contributed by atoms with E-state index in [4.69, 9.17) is 19.3 Å². The summed E-state index contributed by atoms with van der Waals surface area (Å²) in [4.78, 5) is 46.2. The molecule has 1 unspecified atom stereocenters. The van der Waals surface area contributed by atoms with Gasteiger partial charge in [0, 0.05) is 12.8 Å². The lowest BCUT2D eigenvalue weighted by atomic mass is 10.1. The number of carboxylic acid groups (broad SMARTS) is 1. The topological polar surface area (TPSA) is 116 Å². The molecule has 1 saturated heterocycles. The van der Waals surface area contributed by atoms with E-state index in [1.54, 1.807) is 43.5 Å². The Hall–Kier alpha value is -3.33. The van der Waals surface area contributed by atoms with Gasteiger partial charge >= 0.3 is 11.9 Å². The van der Waals surface area contributed by atoms with Gasteiger partial charge in [0.05, 0.1) is 18.8 Å². The molecule has 0 amide bonds. The Kier molecular flexibility index (Phi) is 9.09. The van der Waals surface area contributed by atoms with Crippen molar-refractivity contribution >= 4 is 34.6 Å². The summed E-state index contributed by atoms with van der Waals surface area (Å²) < 4.78 is 16.6. The summed E-state index contributed by atoms with van der Waals surface area (Å²) in [5.74, 6) is -0.288. The predicted octanol–water partition coefficient (Wildman–Crippen LogP) is 3.76. The smallest absolute Gasteiger partial charge is 0.306 e. The lowest BCUT2D eigenvalue weighted by Gasteiger charge is -2.19. The predicted molar refractivity (Wildman–Crippen MR) is 125 cm³/mol. The van der Waals surface area contributed by atoms with Gasteiger partial charge in [-0.25, -0.2) is 0 Å². The van der Waals surface area contributed by atoms with Crippen LogP contribution in [0.25, 0.3) is 0 Å². The van der Waals surface area contributed by atoms with Crippen molar-refractivity contribution < 1.29 is 38.5 Å². The van der Waals surface area contributed by atoms with E-state index in [2.05, 4.69) is 0 Å². The molecule has 9 heteroatoms. The number of hydrogen-bond donors (Lipinski definition) is 1. The molecule has 180 valence electrons. The molecule has 8 nitrogen and oxygen atoms in total. The fraction of sp³-hybridized carbons (Fsp3) is 0.360. The summed E-state index contributed by atoms with van der Waals surface area (Å²) in [7, 11) is 1.56. The quantitative estimate of drug-likeness (QED) is 0.353. The number of carbonyl (C=O) groups is 4. The van der Waals surface area contributed by atoms with Crippen LogP contribution in [-0.4, -0.2) is 46.9 Å². The third-order valence-electron chi connectivity index (χ3n) is 5.23. The summed E-state index contributed by atoms with van der Waals surface area (Å²) in [6.45, 7) is 0.0574. The van der Waals surface area contributed by atoms with Gasteiger partial charge in [-0.05, 0) is 48.2 Å². The minimum atomic E-state index is -0.964. The summed E-state index contributed by atoms with van der Waals surface area (Å²) in [5.41, 5.74) is 1.63. The third kappa shape index (κ3) is 7.62. The van der Waals surface area contributed by atoms with Crippen molar-refractivity contribution in [3.63, 3.8) is 0 Å². The molecule has 0 spiro atoms. The number of ketones is 1. The number of carboxylic acids is 1. The van der Waals surface area contributed by atoms with Gasteiger partial charge in [-0.1, -0.05) is 36.0 Å². The Morgan fingerprint density at radius 1 is 1.03 bits per heavy atom. The van der Waals surface area contributed by atoms with Crippen LogP contribution in [0.3, 0.4) is 0 Å². The molecule has 2 aromatic rings. The Bertz CT molecular complexity index is 1020. The number of benzene rings is 2. The summed E-state index contributed by atoms with van der Waals surface area (Å²) in [6, 6.07) is 14.3. The zero-order valence-corrected chi connectivity index (χ0v) is 19.5. The summed E-state index contributed by atoms with van der Waals surface area (Å²) in [6.07, 6.45) is -0.130. The number of thioether (sulfide) groups is 1. The maximum Gasteiger partial charge on any atom is 0.306 e. The number of esters is 1. The number of hydrogen-bond acceptors (Lipinski definition) is 8. The van der Waals surface area contributed by atoms with Crippen LogP contribution in [0, 0.1) is 0 Å². The van der Waals surface area contributed by atoms with E-state index in [0.717, 1.165) is 17.3 Å². The molecule has 0 aliphatic carbocycles. The fourth-order valence-corrected chi connectivity index (χ4v) is 4.44. The highest BCUT2D eigenvalue weighted by Crippen LogP contribution is 2.29. The minimum absolute atomic E-state index is 0.00168. The molecule has 0 aromatic heterocycles. The first-order valence-electron chi connectivity index (χ1n) is 10.8. The van der Waals surface area contributed by atoms with Crippen LogP contribution in [0.5, 0.6) is 11.5 Å². The van der Waals surface area contributed by atoms with Gasteiger partial charge in [-0.2, -0.15) is 0 Å². The molecule has 1 N–H and O–H groups in total. The second kappa shape index (κ2) is 12.2. The molecule has 1 heterocycles. The molecule has 1 aliphatic rings. The summed E-state index contributed by atoms with van der Waals surface area (Å²) >= 11 is 1.09. The van der Waals surface area contributed by atoms with E-state index >= 15 is 0 Å². The number of aliphatic carboxylic acids is 1. The third-order valence-corrected chi connectivity index (χ3v) is 6.35. The van der Waals surface area contributed by atoms with Gasteiger partial charge < -0.3 is 19.3 Å². The van der Waals surface area contributed by atoms with Crippen molar-refractivity contribution in [2.24, 2.45) is 0 Å². The van der Waals surface area contributed by atoms with Crippen LogP contribution >= 0.6 is 11.8 Å². The van der Waals surface area contributed by atoms with E-state index in [9.17, 15) is 19.2 Å². The first-order chi connectivity index (χ1) is 16.3.